The van der Waals surface area contributed by atoms with E-state index < -0.39 is 10.0 Å². The molecule has 6 nitrogen and oxygen atoms in total. The van der Waals surface area contributed by atoms with Gasteiger partial charge in [-0.2, -0.15) is 4.31 Å². The van der Waals surface area contributed by atoms with Crippen molar-refractivity contribution < 1.29 is 17.9 Å². The minimum absolute atomic E-state index is 0.0869. The number of carbonyl (C=O) groups is 1. The molecule has 7 heteroatoms. The molecule has 2 aromatic rings. The number of anilines is 1. The molecule has 0 atom stereocenters. The molecule has 0 spiro atoms. The van der Waals surface area contributed by atoms with Gasteiger partial charge >= 0.3 is 0 Å². The third kappa shape index (κ3) is 3.99. The average molecular weight is 388 g/mol. The van der Waals surface area contributed by atoms with Crippen LogP contribution in [-0.4, -0.2) is 39.3 Å². The fraction of sp³-hybridized carbons (Fsp3) is 0.350. The summed E-state index contributed by atoms with van der Waals surface area (Å²) >= 11 is 0. The van der Waals surface area contributed by atoms with Gasteiger partial charge in [0.15, 0.2) is 0 Å². The number of carbonyl (C=O) groups excluding carboxylic acids is 1. The number of hydrogen-bond acceptors (Lipinski definition) is 4. The predicted molar refractivity (Wildman–Crippen MR) is 104 cm³/mol. The summed E-state index contributed by atoms with van der Waals surface area (Å²) in [6.45, 7) is 2.76. The summed E-state index contributed by atoms with van der Waals surface area (Å²) in [6.07, 6.45) is 1.38. The Balaban J connectivity index is 1.83. The molecule has 1 aliphatic rings. The summed E-state index contributed by atoms with van der Waals surface area (Å²) in [6, 6.07) is 12.3. The van der Waals surface area contributed by atoms with Crippen LogP contribution in [0, 0.1) is 6.92 Å². The zero-order valence-corrected chi connectivity index (χ0v) is 16.6. The number of aryl methyl sites for hydroxylation is 1. The molecule has 3 rings (SSSR count). The van der Waals surface area contributed by atoms with Crippen molar-refractivity contribution >= 4 is 21.6 Å². The van der Waals surface area contributed by atoms with Crippen molar-refractivity contribution in [2.24, 2.45) is 0 Å². The Morgan fingerprint density at radius 1 is 1.19 bits per heavy atom. The van der Waals surface area contributed by atoms with Crippen LogP contribution in [0.2, 0.25) is 0 Å². The van der Waals surface area contributed by atoms with E-state index in [9.17, 15) is 13.2 Å². The summed E-state index contributed by atoms with van der Waals surface area (Å²) in [5.41, 5.74) is 2.41. The fourth-order valence-corrected chi connectivity index (χ4v) is 4.53. The van der Waals surface area contributed by atoms with Crippen LogP contribution in [0.1, 0.15) is 24.0 Å². The van der Waals surface area contributed by atoms with Crippen molar-refractivity contribution in [2.75, 3.05) is 25.6 Å². The van der Waals surface area contributed by atoms with Gasteiger partial charge in [-0.25, -0.2) is 8.42 Å². The maximum atomic E-state index is 13.0. The van der Waals surface area contributed by atoms with E-state index in [1.807, 2.05) is 31.2 Å². The highest BCUT2D eigenvalue weighted by atomic mass is 32.2. The highest BCUT2D eigenvalue weighted by molar-refractivity contribution is 7.89. The van der Waals surface area contributed by atoms with Crippen molar-refractivity contribution in [3.8, 4) is 5.75 Å². The Hall–Kier alpha value is -2.38. The van der Waals surface area contributed by atoms with Crippen LogP contribution in [0.5, 0.6) is 5.75 Å². The van der Waals surface area contributed by atoms with Crippen molar-refractivity contribution in [2.45, 2.75) is 31.2 Å². The largest absolute Gasteiger partial charge is 0.497 e. The second kappa shape index (κ2) is 7.70. The standard InChI is InChI=1S/C20H24N2O4S/c1-15-12-18(9-10-19(15)22-11-5-8-20(22)23)27(24,25)21(2)14-16-6-4-7-17(13-16)26-3/h4,6-7,9-10,12-13H,5,8,11,14H2,1-3H3. The Morgan fingerprint density at radius 2 is 1.96 bits per heavy atom. The molecule has 1 fully saturated rings. The van der Waals surface area contributed by atoms with Gasteiger partial charge in [0.25, 0.3) is 0 Å². The van der Waals surface area contributed by atoms with Crippen LogP contribution in [-0.2, 0) is 21.4 Å². The number of nitrogens with zero attached hydrogens (tertiary/aromatic N) is 2. The number of sulfonamides is 1. The molecule has 0 saturated carbocycles. The number of benzene rings is 2. The van der Waals surface area contributed by atoms with Crippen LogP contribution < -0.4 is 9.64 Å². The van der Waals surface area contributed by atoms with Crippen molar-refractivity contribution in [1.29, 1.82) is 0 Å². The van der Waals surface area contributed by atoms with E-state index in [1.165, 1.54) is 4.31 Å². The van der Waals surface area contributed by atoms with Crippen molar-refractivity contribution in [3.05, 3.63) is 53.6 Å². The lowest BCUT2D eigenvalue weighted by Gasteiger charge is -2.21. The van der Waals surface area contributed by atoms with E-state index in [1.54, 1.807) is 37.3 Å². The molecular weight excluding hydrogens is 364 g/mol. The highest BCUT2D eigenvalue weighted by Gasteiger charge is 2.26. The first-order chi connectivity index (χ1) is 12.8. The lowest BCUT2D eigenvalue weighted by atomic mass is 10.2. The van der Waals surface area contributed by atoms with E-state index in [2.05, 4.69) is 0 Å². The first kappa shape index (κ1) is 19.4. The van der Waals surface area contributed by atoms with Crippen LogP contribution in [0.3, 0.4) is 0 Å². The third-order valence-corrected chi connectivity index (χ3v) is 6.58. The van der Waals surface area contributed by atoms with Crippen LogP contribution in [0.15, 0.2) is 47.4 Å². The monoisotopic (exact) mass is 388 g/mol. The summed E-state index contributed by atoms with van der Waals surface area (Å²) in [7, 11) is -0.508. The minimum atomic E-state index is -3.64. The number of rotatable bonds is 6. The van der Waals surface area contributed by atoms with Gasteiger partial charge in [-0.15, -0.1) is 0 Å². The summed E-state index contributed by atoms with van der Waals surface area (Å²) in [4.78, 5) is 13.9. The second-order valence-corrected chi connectivity index (χ2v) is 8.75. The molecule has 0 unspecified atom stereocenters. The zero-order chi connectivity index (χ0) is 19.6. The first-order valence-electron chi connectivity index (χ1n) is 8.83. The third-order valence-electron chi connectivity index (χ3n) is 4.78. The molecule has 0 aliphatic carbocycles. The maximum Gasteiger partial charge on any atom is 0.243 e. The Kier molecular flexibility index (Phi) is 5.53. The molecule has 1 amide bonds. The van der Waals surface area contributed by atoms with Crippen LogP contribution in [0.25, 0.3) is 0 Å². The predicted octanol–water partition coefficient (Wildman–Crippen LogP) is 2.95. The molecule has 1 heterocycles. The maximum absolute atomic E-state index is 13.0. The van der Waals surface area contributed by atoms with Gasteiger partial charge in [-0.05, 0) is 54.8 Å². The molecule has 0 N–H and O–H groups in total. The number of hydrogen-bond donors (Lipinski definition) is 0. The SMILES string of the molecule is COc1cccc(CN(C)S(=O)(=O)c2ccc(N3CCCC3=O)c(C)c2)c1. The number of amides is 1. The lowest BCUT2D eigenvalue weighted by Crippen LogP contribution is -2.27. The molecule has 2 aromatic carbocycles. The molecule has 1 saturated heterocycles. The Bertz CT molecular complexity index is 956. The fourth-order valence-electron chi connectivity index (χ4n) is 3.29. The summed E-state index contributed by atoms with van der Waals surface area (Å²) < 4.78 is 32.4. The van der Waals surface area contributed by atoms with Crippen molar-refractivity contribution in [1.82, 2.24) is 4.31 Å². The van der Waals surface area contributed by atoms with E-state index in [0.29, 0.717) is 18.7 Å². The normalized spacial score (nSPS) is 14.8. The highest BCUT2D eigenvalue weighted by Crippen LogP contribution is 2.28. The quantitative estimate of drug-likeness (QED) is 0.763. The topological polar surface area (TPSA) is 66.9 Å². The average Bonchev–Trinajstić information content (AvgIpc) is 3.07. The lowest BCUT2D eigenvalue weighted by molar-refractivity contribution is -0.117. The van der Waals surface area contributed by atoms with Gasteiger partial charge < -0.3 is 9.64 Å². The van der Waals surface area contributed by atoms with E-state index in [4.69, 9.17) is 4.74 Å². The van der Waals surface area contributed by atoms with Crippen LogP contribution >= 0.6 is 0 Å². The molecule has 0 radical (unpaired) electrons. The Morgan fingerprint density at radius 3 is 2.59 bits per heavy atom. The summed E-state index contributed by atoms with van der Waals surface area (Å²) in [5.74, 6) is 0.776. The van der Waals surface area contributed by atoms with Gasteiger partial charge in [0.2, 0.25) is 15.9 Å². The molecule has 144 valence electrons. The van der Waals surface area contributed by atoms with Gasteiger partial charge in [0.1, 0.15) is 5.75 Å². The number of methoxy groups -OCH3 is 1. The summed E-state index contributed by atoms with van der Waals surface area (Å²) in [5, 5.41) is 0. The minimum Gasteiger partial charge on any atom is -0.497 e. The van der Waals surface area contributed by atoms with E-state index >= 15 is 0 Å². The molecule has 1 aliphatic heterocycles. The van der Waals surface area contributed by atoms with Gasteiger partial charge in [-0.3, -0.25) is 4.79 Å². The van der Waals surface area contributed by atoms with Gasteiger partial charge in [-0.1, -0.05) is 12.1 Å². The molecular formula is C20H24N2O4S. The molecule has 0 bridgehead atoms. The van der Waals surface area contributed by atoms with E-state index in [-0.39, 0.29) is 17.3 Å². The van der Waals surface area contributed by atoms with Crippen LogP contribution in [0.4, 0.5) is 5.69 Å². The second-order valence-electron chi connectivity index (χ2n) is 6.71. The van der Waals surface area contributed by atoms with Crippen molar-refractivity contribution in [3.63, 3.8) is 0 Å². The molecule has 27 heavy (non-hydrogen) atoms. The number of ether oxygens (including phenoxy) is 1. The van der Waals surface area contributed by atoms with Gasteiger partial charge in [0.05, 0.1) is 12.0 Å². The van der Waals surface area contributed by atoms with Gasteiger partial charge in [0, 0.05) is 32.2 Å². The molecule has 0 aromatic heterocycles. The Labute approximate surface area is 160 Å². The zero-order valence-electron chi connectivity index (χ0n) is 15.8. The smallest absolute Gasteiger partial charge is 0.243 e. The van der Waals surface area contributed by atoms with E-state index in [0.717, 1.165) is 23.2 Å². The first-order valence-corrected chi connectivity index (χ1v) is 10.3.